The lowest BCUT2D eigenvalue weighted by molar-refractivity contribution is -0.129. The zero-order chi connectivity index (χ0) is 20.4. The van der Waals surface area contributed by atoms with E-state index in [-0.39, 0.29) is 30.0 Å². The summed E-state index contributed by atoms with van der Waals surface area (Å²) in [4.78, 5) is 15.1. The van der Waals surface area contributed by atoms with Crippen molar-refractivity contribution in [3.63, 3.8) is 0 Å². The van der Waals surface area contributed by atoms with Gasteiger partial charge >= 0.3 is 0 Å². The van der Waals surface area contributed by atoms with Crippen molar-refractivity contribution in [2.45, 2.75) is 57.2 Å². The fourth-order valence-electron chi connectivity index (χ4n) is 4.68. The molecule has 2 aromatic rings. The summed E-state index contributed by atoms with van der Waals surface area (Å²) in [6, 6.07) is 16.7. The number of nitrogens with one attached hydrogen (secondary N) is 1. The highest BCUT2D eigenvalue weighted by atomic mass is 35.5. The molecule has 5 heteroatoms. The molecule has 1 amide bonds. The molecule has 4 rings (SSSR count). The number of amides is 1. The first kappa shape index (κ1) is 20.7. The molecule has 1 heterocycles. The van der Waals surface area contributed by atoms with Gasteiger partial charge in [-0.1, -0.05) is 66.7 Å². The van der Waals surface area contributed by atoms with Crippen LogP contribution in [0, 0.1) is 5.92 Å². The third kappa shape index (κ3) is 4.63. The third-order valence-electron chi connectivity index (χ3n) is 6.52. The summed E-state index contributed by atoms with van der Waals surface area (Å²) in [5.41, 5.74) is 2.39. The van der Waals surface area contributed by atoms with E-state index in [1.807, 2.05) is 24.3 Å². The van der Waals surface area contributed by atoms with Crippen molar-refractivity contribution < 1.29 is 4.79 Å². The Hall–Kier alpha value is -1.55. The van der Waals surface area contributed by atoms with E-state index in [9.17, 15) is 4.79 Å². The van der Waals surface area contributed by atoms with Crippen LogP contribution in [0.15, 0.2) is 48.5 Å². The van der Waals surface area contributed by atoms with Crippen LogP contribution in [0.25, 0.3) is 0 Å². The Balaban J connectivity index is 1.49. The molecule has 29 heavy (non-hydrogen) atoms. The Morgan fingerprint density at radius 2 is 1.45 bits per heavy atom. The molecular weight excluding hydrogens is 403 g/mol. The molecule has 1 aliphatic heterocycles. The molecule has 1 N–H and O–H groups in total. The van der Waals surface area contributed by atoms with Gasteiger partial charge in [-0.15, -0.1) is 0 Å². The van der Waals surface area contributed by atoms with Gasteiger partial charge in [0, 0.05) is 28.5 Å². The number of likely N-dealkylation sites (tertiary alicyclic amines) is 1. The van der Waals surface area contributed by atoms with E-state index in [2.05, 4.69) is 41.4 Å². The van der Waals surface area contributed by atoms with Crippen molar-refractivity contribution >= 4 is 29.1 Å². The molecule has 1 aliphatic carbocycles. The molecule has 1 saturated carbocycles. The van der Waals surface area contributed by atoms with Crippen molar-refractivity contribution in [2.24, 2.45) is 5.92 Å². The van der Waals surface area contributed by atoms with Crippen LogP contribution in [0.2, 0.25) is 10.0 Å². The molecule has 0 bridgehead atoms. The minimum Gasteiger partial charge on any atom is -0.350 e. The monoisotopic (exact) mass is 430 g/mol. The number of hydrogen-bond acceptors (Lipinski definition) is 2. The lowest BCUT2D eigenvalue weighted by atomic mass is 9.86. The van der Waals surface area contributed by atoms with Crippen LogP contribution in [0.1, 0.15) is 56.2 Å². The van der Waals surface area contributed by atoms with Crippen molar-refractivity contribution in [1.82, 2.24) is 10.2 Å². The first-order valence-corrected chi connectivity index (χ1v) is 11.4. The van der Waals surface area contributed by atoms with Crippen molar-refractivity contribution in [3.05, 3.63) is 69.7 Å². The Morgan fingerprint density at radius 3 is 1.93 bits per heavy atom. The zero-order valence-corrected chi connectivity index (χ0v) is 18.3. The van der Waals surface area contributed by atoms with Gasteiger partial charge in [-0.3, -0.25) is 9.69 Å². The first-order chi connectivity index (χ1) is 14.0. The molecule has 2 aromatic carbocycles. The van der Waals surface area contributed by atoms with E-state index in [1.165, 1.54) is 30.4 Å². The Bertz CT molecular complexity index is 785. The molecular formula is C24H28Cl2N2O. The number of rotatable bonds is 5. The standard InChI is InChI=1S/C24H28Cl2N2O/c1-16-22(27-24(29)19-5-3-2-4-6-19)15-28(16)23(17-7-11-20(25)12-8-17)18-9-13-21(26)14-10-18/h7-14,16,19,22-23H,2-6,15H2,1H3,(H,27,29)/t16-,22+/m0/s1. The van der Waals surface area contributed by atoms with Crippen LogP contribution in [0.3, 0.4) is 0 Å². The molecule has 2 atom stereocenters. The Labute approximate surface area is 183 Å². The van der Waals surface area contributed by atoms with Gasteiger partial charge in [0.15, 0.2) is 0 Å². The number of halogens is 2. The molecule has 0 aromatic heterocycles. The van der Waals surface area contributed by atoms with Gasteiger partial charge in [-0.25, -0.2) is 0 Å². The van der Waals surface area contributed by atoms with E-state index in [0.717, 1.165) is 29.4 Å². The summed E-state index contributed by atoms with van der Waals surface area (Å²) in [5.74, 6) is 0.448. The molecule has 1 saturated heterocycles. The van der Waals surface area contributed by atoms with Gasteiger partial charge < -0.3 is 5.32 Å². The van der Waals surface area contributed by atoms with E-state index in [1.54, 1.807) is 0 Å². The summed E-state index contributed by atoms with van der Waals surface area (Å²) in [6.07, 6.45) is 5.70. The van der Waals surface area contributed by atoms with E-state index in [4.69, 9.17) is 23.2 Å². The summed E-state index contributed by atoms with van der Waals surface area (Å²) >= 11 is 12.2. The van der Waals surface area contributed by atoms with Gasteiger partial charge in [0.1, 0.15) is 0 Å². The van der Waals surface area contributed by atoms with E-state index >= 15 is 0 Å². The average Bonchev–Trinajstić information content (AvgIpc) is 2.75. The predicted molar refractivity (Wildman–Crippen MR) is 119 cm³/mol. The summed E-state index contributed by atoms with van der Waals surface area (Å²) < 4.78 is 0. The van der Waals surface area contributed by atoms with Crippen LogP contribution in [0.4, 0.5) is 0 Å². The zero-order valence-electron chi connectivity index (χ0n) is 16.8. The number of carbonyl (C=O) groups is 1. The normalized spacial score (nSPS) is 23.0. The van der Waals surface area contributed by atoms with Gasteiger partial charge in [0.25, 0.3) is 0 Å². The fourth-order valence-corrected chi connectivity index (χ4v) is 4.93. The van der Waals surface area contributed by atoms with Gasteiger partial charge in [-0.2, -0.15) is 0 Å². The average molecular weight is 431 g/mol. The Kier molecular flexibility index (Phi) is 6.48. The molecule has 0 spiro atoms. The van der Waals surface area contributed by atoms with Crippen LogP contribution in [-0.2, 0) is 4.79 Å². The largest absolute Gasteiger partial charge is 0.350 e. The number of hydrogen-bond donors (Lipinski definition) is 1. The van der Waals surface area contributed by atoms with Gasteiger partial charge in [0.2, 0.25) is 5.91 Å². The second kappa shape index (κ2) is 9.07. The van der Waals surface area contributed by atoms with Crippen LogP contribution < -0.4 is 5.32 Å². The number of benzene rings is 2. The lowest BCUT2D eigenvalue weighted by Gasteiger charge is -2.51. The molecule has 154 valence electrons. The molecule has 2 aliphatic rings. The SMILES string of the molecule is C[C@H]1[C@H](NC(=O)C2CCCCC2)CN1C(c1ccc(Cl)cc1)c1ccc(Cl)cc1. The molecule has 0 radical (unpaired) electrons. The fraction of sp³-hybridized carbons (Fsp3) is 0.458. The highest BCUT2D eigenvalue weighted by molar-refractivity contribution is 6.30. The summed E-state index contributed by atoms with van der Waals surface area (Å²) in [7, 11) is 0. The highest BCUT2D eigenvalue weighted by Gasteiger charge is 2.42. The maximum absolute atomic E-state index is 12.7. The Morgan fingerprint density at radius 1 is 0.931 bits per heavy atom. The second-order valence-corrected chi connectivity index (χ2v) is 9.27. The predicted octanol–water partition coefficient (Wildman–Crippen LogP) is 5.85. The topological polar surface area (TPSA) is 32.3 Å². The molecule has 3 nitrogen and oxygen atoms in total. The van der Waals surface area contributed by atoms with Gasteiger partial charge in [-0.05, 0) is 55.2 Å². The lowest BCUT2D eigenvalue weighted by Crippen LogP contribution is -2.66. The van der Waals surface area contributed by atoms with E-state index < -0.39 is 0 Å². The molecule has 2 fully saturated rings. The van der Waals surface area contributed by atoms with Gasteiger partial charge in [0.05, 0.1) is 12.1 Å². The van der Waals surface area contributed by atoms with E-state index in [0.29, 0.717) is 0 Å². The quantitative estimate of drug-likeness (QED) is 0.644. The van der Waals surface area contributed by atoms with Crippen LogP contribution in [0.5, 0.6) is 0 Å². The molecule has 0 unspecified atom stereocenters. The van der Waals surface area contributed by atoms with Crippen LogP contribution in [-0.4, -0.2) is 29.4 Å². The van der Waals surface area contributed by atoms with Crippen molar-refractivity contribution in [1.29, 1.82) is 0 Å². The first-order valence-electron chi connectivity index (χ1n) is 10.6. The highest BCUT2D eigenvalue weighted by Crippen LogP contribution is 2.37. The maximum atomic E-state index is 12.7. The summed E-state index contributed by atoms with van der Waals surface area (Å²) in [5, 5.41) is 4.79. The number of nitrogens with zero attached hydrogens (tertiary/aromatic N) is 1. The summed E-state index contributed by atoms with van der Waals surface area (Å²) in [6.45, 7) is 3.05. The maximum Gasteiger partial charge on any atom is 0.223 e. The smallest absolute Gasteiger partial charge is 0.223 e. The minimum atomic E-state index is 0.113. The minimum absolute atomic E-state index is 0.113. The number of carbonyl (C=O) groups excluding carboxylic acids is 1. The van der Waals surface area contributed by atoms with Crippen molar-refractivity contribution in [2.75, 3.05) is 6.54 Å². The third-order valence-corrected chi connectivity index (χ3v) is 7.02. The van der Waals surface area contributed by atoms with Crippen LogP contribution >= 0.6 is 23.2 Å². The second-order valence-electron chi connectivity index (χ2n) is 8.39. The van der Waals surface area contributed by atoms with Crippen molar-refractivity contribution in [3.8, 4) is 0 Å².